The molecule has 0 saturated heterocycles. The number of nitrogens with zero attached hydrogens (tertiary/aromatic N) is 1. The van der Waals surface area contributed by atoms with E-state index in [0.717, 1.165) is 27.9 Å². The van der Waals surface area contributed by atoms with Crippen molar-refractivity contribution >= 4 is 22.6 Å². The van der Waals surface area contributed by atoms with Gasteiger partial charge in [-0.2, -0.15) is 0 Å². The van der Waals surface area contributed by atoms with Gasteiger partial charge in [-0.25, -0.2) is 4.98 Å². The monoisotopic (exact) mass is 382 g/mol. The molecule has 2 fully saturated rings. The molecule has 20 heavy (non-hydrogen) atoms. The van der Waals surface area contributed by atoms with Crippen LogP contribution in [0.25, 0.3) is 11.6 Å². The average Bonchev–Trinajstić information content (AvgIpc) is 3.33. The lowest BCUT2D eigenvalue weighted by Crippen LogP contribution is -2.15. The summed E-state index contributed by atoms with van der Waals surface area (Å²) in [5.74, 6) is 3.97. The van der Waals surface area contributed by atoms with E-state index in [0.29, 0.717) is 29.3 Å². The predicted molar refractivity (Wildman–Crippen MR) is 83.8 cm³/mol. The third-order valence-electron chi connectivity index (χ3n) is 4.19. The van der Waals surface area contributed by atoms with E-state index in [4.69, 9.17) is 4.42 Å². The maximum absolute atomic E-state index is 12.0. The van der Waals surface area contributed by atoms with E-state index in [1.165, 1.54) is 6.42 Å². The molecule has 0 radical (unpaired) electrons. The summed E-state index contributed by atoms with van der Waals surface area (Å²) in [6.45, 7) is 2.23. The first-order chi connectivity index (χ1) is 9.63. The van der Waals surface area contributed by atoms with Crippen molar-refractivity contribution in [3.05, 3.63) is 37.5 Å². The van der Waals surface area contributed by atoms with Crippen LogP contribution in [0.15, 0.2) is 21.3 Å². The molecular formula is C15H15IN2O2. The molecule has 2 aromatic rings. The summed E-state index contributed by atoms with van der Waals surface area (Å²) in [5.41, 5.74) is 0.873. The molecule has 104 valence electrons. The zero-order valence-electron chi connectivity index (χ0n) is 11.1. The summed E-state index contributed by atoms with van der Waals surface area (Å²) in [6, 6.07) is 3.93. The summed E-state index contributed by atoms with van der Waals surface area (Å²) in [5, 5.41) is 0. The number of hydrogen-bond acceptors (Lipinski definition) is 3. The second kappa shape index (κ2) is 4.44. The fourth-order valence-electron chi connectivity index (χ4n) is 2.62. The second-order valence-corrected chi connectivity index (χ2v) is 6.99. The lowest BCUT2D eigenvalue weighted by Gasteiger charge is -2.03. The maximum Gasteiger partial charge on any atom is 0.264 e. The van der Waals surface area contributed by atoms with Crippen molar-refractivity contribution < 1.29 is 4.42 Å². The highest BCUT2D eigenvalue weighted by atomic mass is 127. The molecule has 2 aliphatic rings. The van der Waals surface area contributed by atoms with Gasteiger partial charge in [0.1, 0.15) is 9.33 Å². The maximum atomic E-state index is 12.0. The van der Waals surface area contributed by atoms with Gasteiger partial charge in [-0.1, -0.05) is 6.92 Å². The third kappa shape index (κ3) is 2.12. The van der Waals surface area contributed by atoms with Gasteiger partial charge in [0.15, 0.2) is 11.6 Å². The van der Waals surface area contributed by atoms with Gasteiger partial charge in [-0.15, -0.1) is 0 Å². The average molecular weight is 382 g/mol. The predicted octanol–water partition coefficient (Wildman–Crippen LogP) is 3.64. The molecule has 4 nitrogen and oxygen atoms in total. The van der Waals surface area contributed by atoms with Crippen LogP contribution in [-0.2, 0) is 0 Å². The molecule has 2 atom stereocenters. The Balaban J connectivity index is 1.74. The lowest BCUT2D eigenvalue weighted by molar-refractivity contribution is 0.514. The van der Waals surface area contributed by atoms with Gasteiger partial charge in [-0.3, -0.25) is 4.79 Å². The number of H-pyrrole nitrogens is 1. The lowest BCUT2D eigenvalue weighted by atomic mass is 10.2. The molecule has 2 aliphatic carbocycles. The number of rotatable bonds is 3. The third-order valence-corrected chi connectivity index (χ3v) is 5.23. The van der Waals surface area contributed by atoms with Crippen molar-refractivity contribution in [2.75, 3.05) is 0 Å². The number of nitrogens with one attached hydrogen (secondary N) is 1. The smallest absolute Gasteiger partial charge is 0.264 e. The van der Waals surface area contributed by atoms with Crippen LogP contribution < -0.4 is 5.56 Å². The van der Waals surface area contributed by atoms with Gasteiger partial charge in [0.05, 0.1) is 5.69 Å². The Kier molecular flexibility index (Phi) is 2.80. The quantitative estimate of drug-likeness (QED) is 0.825. The van der Waals surface area contributed by atoms with Gasteiger partial charge >= 0.3 is 0 Å². The number of halogens is 1. The van der Waals surface area contributed by atoms with Crippen LogP contribution in [0.2, 0.25) is 0 Å². The Labute approximate surface area is 130 Å². The van der Waals surface area contributed by atoms with Crippen molar-refractivity contribution in [3.8, 4) is 11.6 Å². The summed E-state index contributed by atoms with van der Waals surface area (Å²) >= 11 is 2.09. The van der Waals surface area contributed by atoms with E-state index >= 15 is 0 Å². The van der Waals surface area contributed by atoms with Gasteiger partial charge in [-0.05, 0) is 59.9 Å². The molecule has 2 heterocycles. The second-order valence-electron chi connectivity index (χ2n) is 5.91. The molecule has 4 rings (SSSR count). The van der Waals surface area contributed by atoms with Crippen molar-refractivity contribution in [2.24, 2.45) is 5.92 Å². The van der Waals surface area contributed by atoms with E-state index in [-0.39, 0.29) is 5.56 Å². The SMILES string of the molecule is CC1CC1c1ccc(-c2nc(C3CC3)c(I)c(=O)[nH]2)o1. The van der Waals surface area contributed by atoms with E-state index in [9.17, 15) is 4.79 Å². The Morgan fingerprint density at radius 1 is 1.40 bits per heavy atom. The molecule has 0 spiro atoms. The Morgan fingerprint density at radius 3 is 2.80 bits per heavy atom. The van der Waals surface area contributed by atoms with Crippen LogP contribution in [0.4, 0.5) is 0 Å². The molecule has 1 N–H and O–H groups in total. The molecule has 5 heteroatoms. The summed E-state index contributed by atoms with van der Waals surface area (Å²) in [6.07, 6.45) is 3.46. The summed E-state index contributed by atoms with van der Waals surface area (Å²) in [4.78, 5) is 19.5. The number of aromatic amines is 1. The van der Waals surface area contributed by atoms with Crippen LogP contribution in [0.3, 0.4) is 0 Å². The molecule has 0 aromatic carbocycles. The van der Waals surface area contributed by atoms with Crippen molar-refractivity contribution in [2.45, 2.75) is 38.0 Å². The fraction of sp³-hybridized carbons (Fsp3) is 0.467. The number of hydrogen-bond donors (Lipinski definition) is 1. The summed E-state index contributed by atoms with van der Waals surface area (Å²) in [7, 11) is 0. The van der Waals surface area contributed by atoms with E-state index in [2.05, 4.69) is 39.5 Å². The minimum Gasteiger partial charge on any atom is -0.458 e. The zero-order valence-corrected chi connectivity index (χ0v) is 13.3. The van der Waals surface area contributed by atoms with E-state index < -0.39 is 0 Å². The van der Waals surface area contributed by atoms with Gasteiger partial charge < -0.3 is 9.40 Å². The first-order valence-electron chi connectivity index (χ1n) is 7.03. The first kappa shape index (κ1) is 12.6. The largest absolute Gasteiger partial charge is 0.458 e. The van der Waals surface area contributed by atoms with Crippen molar-refractivity contribution in [3.63, 3.8) is 0 Å². The highest BCUT2D eigenvalue weighted by Gasteiger charge is 2.37. The van der Waals surface area contributed by atoms with E-state index in [1.54, 1.807) is 0 Å². The van der Waals surface area contributed by atoms with Gasteiger partial charge in [0, 0.05) is 11.8 Å². The first-order valence-corrected chi connectivity index (χ1v) is 8.11. The molecule has 0 bridgehead atoms. The van der Waals surface area contributed by atoms with E-state index in [1.807, 2.05) is 12.1 Å². The molecule has 0 amide bonds. The Hall–Kier alpha value is -1.11. The van der Waals surface area contributed by atoms with Crippen LogP contribution in [0, 0.1) is 9.49 Å². The standard InChI is InChI=1S/C15H15IN2O2/c1-7-6-9(7)10-4-5-11(20-10)14-17-13(8-2-3-8)12(16)15(19)18-14/h4-5,7-9H,2-3,6H2,1H3,(H,17,18,19). The summed E-state index contributed by atoms with van der Waals surface area (Å²) < 4.78 is 6.60. The van der Waals surface area contributed by atoms with Crippen molar-refractivity contribution in [1.82, 2.24) is 9.97 Å². The fourth-order valence-corrected chi connectivity index (χ4v) is 3.31. The minimum atomic E-state index is -0.0600. The van der Waals surface area contributed by atoms with Gasteiger partial charge in [0.25, 0.3) is 5.56 Å². The van der Waals surface area contributed by atoms with Gasteiger partial charge in [0.2, 0.25) is 0 Å². The number of furan rings is 1. The molecule has 0 aliphatic heterocycles. The number of aromatic nitrogens is 2. The normalized spacial score (nSPS) is 24.9. The highest BCUT2D eigenvalue weighted by Crippen LogP contribution is 2.48. The molecular weight excluding hydrogens is 367 g/mol. The Bertz CT molecular complexity index is 730. The highest BCUT2D eigenvalue weighted by molar-refractivity contribution is 14.1. The topological polar surface area (TPSA) is 58.9 Å². The minimum absolute atomic E-state index is 0.0600. The zero-order chi connectivity index (χ0) is 13.9. The van der Waals surface area contributed by atoms with Crippen LogP contribution in [0.1, 0.15) is 49.5 Å². The van der Waals surface area contributed by atoms with Crippen LogP contribution >= 0.6 is 22.6 Å². The van der Waals surface area contributed by atoms with Crippen LogP contribution in [-0.4, -0.2) is 9.97 Å². The molecule has 2 unspecified atom stereocenters. The molecule has 2 saturated carbocycles. The van der Waals surface area contributed by atoms with Crippen LogP contribution in [0.5, 0.6) is 0 Å². The molecule has 2 aromatic heterocycles. The Morgan fingerprint density at radius 2 is 2.15 bits per heavy atom. The van der Waals surface area contributed by atoms with Crippen molar-refractivity contribution in [1.29, 1.82) is 0 Å².